The molecule has 0 aromatic carbocycles. The Kier molecular flexibility index (Phi) is 6.24. The zero-order chi connectivity index (χ0) is 22.8. The van der Waals surface area contributed by atoms with Gasteiger partial charge in [0.2, 0.25) is 5.91 Å². The van der Waals surface area contributed by atoms with Crippen molar-refractivity contribution in [1.82, 2.24) is 24.8 Å². The van der Waals surface area contributed by atoms with Gasteiger partial charge in [0, 0.05) is 43.9 Å². The fraction of sp³-hybridized carbons (Fsp3) is 0.560. The number of H-pyrrole nitrogens is 1. The predicted octanol–water partition coefficient (Wildman–Crippen LogP) is 3.00. The molecule has 0 radical (unpaired) electrons. The highest BCUT2D eigenvalue weighted by Crippen LogP contribution is 2.31. The maximum absolute atomic E-state index is 13.2. The van der Waals surface area contributed by atoms with Gasteiger partial charge in [-0.3, -0.25) is 19.4 Å². The number of nitrogens with zero attached hydrogens (tertiary/aromatic N) is 4. The molecular weight excluding hydrogens is 418 g/mol. The third kappa shape index (κ3) is 4.56. The van der Waals surface area contributed by atoms with E-state index in [1.54, 1.807) is 24.5 Å². The molecule has 0 spiro atoms. The highest BCUT2D eigenvalue weighted by atomic mass is 16.2. The second kappa shape index (κ2) is 9.45. The number of likely N-dealkylation sites (tertiary alicyclic amines) is 1. The number of pyridine rings is 1. The largest absolute Gasteiger partial charge is 0.338 e. The summed E-state index contributed by atoms with van der Waals surface area (Å²) in [5.74, 6) is 1.14. The second-order valence-electron chi connectivity index (χ2n) is 9.54. The van der Waals surface area contributed by atoms with Crippen molar-refractivity contribution in [2.75, 3.05) is 13.1 Å². The van der Waals surface area contributed by atoms with Crippen molar-refractivity contribution >= 4 is 11.8 Å². The Morgan fingerprint density at radius 1 is 1.03 bits per heavy atom. The third-order valence-corrected chi connectivity index (χ3v) is 7.38. The van der Waals surface area contributed by atoms with Gasteiger partial charge < -0.3 is 14.8 Å². The molecule has 1 saturated carbocycles. The molecule has 174 valence electrons. The summed E-state index contributed by atoms with van der Waals surface area (Å²) in [6.45, 7) is 1.56. The topological polar surface area (TPSA) is 99.3 Å². The molecule has 3 aliphatic rings. The molecule has 2 fully saturated rings. The number of piperidine rings is 1. The van der Waals surface area contributed by atoms with Crippen LogP contribution in [0, 0.1) is 5.92 Å². The lowest BCUT2D eigenvalue weighted by Gasteiger charge is -2.36. The number of nitrogens with one attached hydrogen (secondary N) is 1. The molecule has 8 nitrogen and oxygen atoms in total. The first kappa shape index (κ1) is 21.8. The van der Waals surface area contributed by atoms with Crippen LogP contribution in [0.4, 0.5) is 0 Å². The van der Waals surface area contributed by atoms with Crippen LogP contribution in [0.5, 0.6) is 0 Å². The molecule has 2 aromatic heterocycles. The van der Waals surface area contributed by atoms with Crippen LogP contribution in [0.2, 0.25) is 0 Å². The van der Waals surface area contributed by atoms with E-state index < -0.39 is 0 Å². The van der Waals surface area contributed by atoms with Crippen molar-refractivity contribution in [3.05, 3.63) is 57.5 Å². The Labute approximate surface area is 193 Å². The van der Waals surface area contributed by atoms with Gasteiger partial charge in [0.05, 0.1) is 23.8 Å². The molecule has 4 heterocycles. The van der Waals surface area contributed by atoms with Crippen molar-refractivity contribution in [3.8, 4) is 0 Å². The van der Waals surface area contributed by atoms with Crippen LogP contribution in [0.1, 0.15) is 84.8 Å². The molecule has 1 atom stereocenters. The number of fused-ring (bicyclic) bond motifs is 1. The van der Waals surface area contributed by atoms with E-state index in [2.05, 4.69) is 9.97 Å². The van der Waals surface area contributed by atoms with Gasteiger partial charge in [0.1, 0.15) is 5.82 Å². The Hall–Kier alpha value is -3.03. The van der Waals surface area contributed by atoms with Crippen LogP contribution in [-0.4, -0.2) is 49.7 Å². The molecule has 33 heavy (non-hydrogen) atoms. The number of aromatic nitrogens is 3. The van der Waals surface area contributed by atoms with Crippen molar-refractivity contribution in [2.24, 2.45) is 5.92 Å². The lowest BCUT2D eigenvalue weighted by Crippen LogP contribution is -2.42. The Morgan fingerprint density at radius 3 is 2.58 bits per heavy atom. The lowest BCUT2D eigenvalue weighted by atomic mass is 9.98. The molecule has 2 aliphatic heterocycles. The Morgan fingerprint density at radius 2 is 1.79 bits per heavy atom. The minimum Gasteiger partial charge on any atom is -0.338 e. The summed E-state index contributed by atoms with van der Waals surface area (Å²) >= 11 is 0. The van der Waals surface area contributed by atoms with Crippen molar-refractivity contribution in [1.29, 1.82) is 0 Å². The predicted molar refractivity (Wildman–Crippen MR) is 122 cm³/mol. The highest BCUT2D eigenvalue weighted by Gasteiger charge is 2.33. The van der Waals surface area contributed by atoms with Crippen LogP contribution >= 0.6 is 0 Å². The zero-order valence-electron chi connectivity index (χ0n) is 19.0. The van der Waals surface area contributed by atoms with Gasteiger partial charge in [0.25, 0.3) is 11.5 Å². The lowest BCUT2D eigenvalue weighted by molar-refractivity contribution is -0.133. The first-order valence-electron chi connectivity index (χ1n) is 12.2. The van der Waals surface area contributed by atoms with Gasteiger partial charge in [-0.15, -0.1) is 0 Å². The molecule has 1 aliphatic carbocycles. The van der Waals surface area contributed by atoms with Crippen molar-refractivity contribution < 1.29 is 9.59 Å². The molecule has 0 unspecified atom stereocenters. The Balaban J connectivity index is 1.35. The first-order valence-corrected chi connectivity index (χ1v) is 12.2. The summed E-state index contributed by atoms with van der Waals surface area (Å²) in [4.78, 5) is 54.4. The van der Waals surface area contributed by atoms with Gasteiger partial charge in [-0.2, -0.15) is 0 Å². The summed E-state index contributed by atoms with van der Waals surface area (Å²) in [5, 5.41) is 0. The molecule has 2 amide bonds. The molecular formula is C25H31N5O3. The number of carbonyl (C=O) groups excluding carboxylic acids is 2. The normalized spacial score (nSPS) is 21.2. The van der Waals surface area contributed by atoms with Crippen LogP contribution < -0.4 is 5.56 Å². The number of amides is 2. The van der Waals surface area contributed by atoms with Gasteiger partial charge in [-0.25, -0.2) is 4.98 Å². The number of rotatable bonds is 4. The number of hydrogen-bond acceptors (Lipinski definition) is 5. The summed E-state index contributed by atoms with van der Waals surface area (Å²) in [6, 6.07) is 3.18. The maximum Gasteiger partial charge on any atom is 0.256 e. The fourth-order valence-electron chi connectivity index (χ4n) is 5.52. The van der Waals surface area contributed by atoms with E-state index in [4.69, 9.17) is 4.98 Å². The van der Waals surface area contributed by atoms with E-state index >= 15 is 0 Å². The summed E-state index contributed by atoms with van der Waals surface area (Å²) in [7, 11) is 0. The van der Waals surface area contributed by atoms with Crippen LogP contribution in [-0.2, 0) is 17.8 Å². The molecule has 8 heteroatoms. The molecule has 5 rings (SSSR count). The summed E-state index contributed by atoms with van der Waals surface area (Å²) in [6.07, 6.45) is 11.8. The first-order chi connectivity index (χ1) is 16.1. The summed E-state index contributed by atoms with van der Waals surface area (Å²) in [5.41, 5.74) is 1.76. The minimum absolute atomic E-state index is 0.0637. The third-order valence-electron chi connectivity index (χ3n) is 7.38. The molecule has 1 N–H and O–H groups in total. The van der Waals surface area contributed by atoms with Gasteiger partial charge >= 0.3 is 0 Å². The van der Waals surface area contributed by atoms with Gasteiger partial charge in [0.15, 0.2) is 0 Å². The van der Waals surface area contributed by atoms with E-state index in [1.165, 1.54) is 12.8 Å². The zero-order valence-corrected chi connectivity index (χ0v) is 19.0. The average molecular weight is 450 g/mol. The van der Waals surface area contributed by atoms with Gasteiger partial charge in [-0.05, 0) is 50.2 Å². The SMILES string of the molecule is O=C(CC1CCCC1)N1CCc2nc([C@H]3CCCCN3C(=O)c3ccncc3)[nH]c(=O)c2C1. The van der Waals surface area contributed by atoms with E-state index in [-0.39, 0.29) is 23.4 Å². The number of hydrogen-bond donors (Lipinski definition) is 1. The smallest absolute Gasteiger partial charge is 0.256 e. The Bertz CT molecular complexity index is 1080. The van der Waals surface area contributed by atoms with Gasteiger partial charge in [-0.1, -0.05) is 12.8 Å². The molecule has 0 bridgehead atoms. The maximum atomic E-state index is 13.2. The van der Waals surface area contributed by atoms with E-state index in [0.717, 1.165) is 37.8 Å². The fourth-order valence-corrected chi connectivity index (χ4v) is 5.52. The van der Waals surface area contributed by atoms with Crippen molar-refractivity contribution in [2.45, 2.75) is 70.4 Å². The minimum atomic E-state index is -0.251. The second-order valence-corrected chi connectivity index (χ2v) is 9.54. The standard InChI is InChI=1S/C25H31N5O3/c31-22(15-17-5-1-2-6-17)29-14-10-20-19(16-29)24(32)28-23(27-20)21-7-3-4-13-30(21)25(33)18-8-11-26-12-9-18/h8-9,11-12,17,21H,1-7,10,13-16H2,(H,27,28,32)/t21-/m1/s1. The molecule has 2 aromatic rings. The summed E-state index contributed by atoms with van der Waals surface area (Å²) < 4.78 is 0. The van der Waals surface area contributed by atoms with Crippen molar-refractivity contribution in [3.63, 3.8) is 0 Å². The van der Waals surface area contributed by atoms with E-state index in [0.29, 0.717) is 55.3 Å². The van der Waals surface area contributed by atoms with Crippen LogP contribution in [0.15, 0.2) is 29.3 Å². The molecule has 1 saturated heterocycles. The average Bonchev–Trinajstić information content (AvgIpc) is 3.37. The monoisotopic (exact) mass is 449 g/mol. The van der Waals surface area contributed by atoms with E-state index in [1.807, 2.05) is 9.80 Å². The van der Waals surface area contributed by atoms with E-state index in [9.17, 15) is 14.4 Å². The number of carbonyl (C=O) groups is 2. The van der Waals surface area contributed by atoms with Crippen LogP contribution in [0.25, 0.3) is 0 Å². The van der Waals surface area contributed by atoms with Crippen LogP contribution in [0.3, 0.4) is 0 Å². The number of aromatic amines is 1. The highest BCUT2D eigenvalue weighted by molar-refractivity contribution is 5.94. The quantitative estimate of drug-likeness (QED) is 0.774.